The van der Waals surface area contributed by atoms with Crippen molar-refractivity contribution in [2.75, 3.05) is 18.4 Å². The Labute approximate surface area is 182 Å². The second-order valence-electron chi connectivity index (χ2n) is 6.63. The zero-order valence-corrected chi connectivity index (χ0v) is 18.6. The van der Waals surface area contributed by atoms with Gasteiger partial charge in [-0.05, 0) is 71.8 Å². The van der Waals surface area contributed by atoms with E-state index in [1.165, 1.54) is 22.5 Å². The summed E-state index contributed by atoms with van der Waals surface area (Å²) in [6.07, 6.45) is 0.834. The molecule has 0 unspecified atom stereocenters. The van der Waals surface area contributed by atoms with E-state index in [0.29, 0.717) is 12.8 Å². The third kappa shape index (κ3) is 5.22. The maximum Gasteiger partial charge on any atom is 0.227 e. The summed E-state index contributed by atoms with van der Waals surface area (Å²) in [4.78, 5) is 12.4. The number of rotatable bonds is 5. The molecule has 28 heavy (non-hydrogen) atoms. The van der Waals surface area contributed by atoms with E-state index < -0.39 is 21.6 Å². The van der Waals surface area contributed by atoms with Crippen molar-refractivity contribution >= 4 is 55.8 Å². The molecule has 1 N–H and O–H groups in total. The highest BCUT2D eigenvalue weighted by Gasteiger charge is 2.32. The summed E-state index contributed by atoms with van der Waals surface area (Å²) in [5, 5.41) is 2.96. The first-order valence-electron chi connectivity index (χ1n) is 8.73. The average molecular weight is 537 g/mol. The summed E-state index contributed by atoms with van der Waals surface area (Å²) >= 11 is 8.14. The molecule has 150 valence electrons. The summed E-state index contributed by atoms with van der Waals surface area (Å²) in [5.41, 5.74) is 0.692. The third-order valence-corrected chi connectivity index (χ3v) is 7.60. The van der Waals surface area contributed by atoms with E-state index in [-0.39, 0.29) is 35.5 Å². The summed E-state index contributed by atoms with van der Waals surface area (Å²) in [6, 6.07) is 11.6. The van der Waals surface area contributed by atoms with Crippen LogP contribution in [0.4, 0.5) is 10.1 Å². The molecule has 2 aromatic rings. The first kappa shape index (κ1) is 21.5. The minimum Gasteiger partial charge on any atom is -0.326 e. The second-order valence-corrected chi connectivity index (χ2v) is 10.2. The van der Waals surface area contributed by atoms with Crippen LogP contribution in [0.3, 0.4) is 0 Å². The molecule has 0 aromatic heterocycles. The average Bonchev–Trinajstić information content (AvgIpc) is 2.67. The topological polar surface area (TPSA) is 66.5 Å². The number of halogens is 3. The molecule has 5 nitrogen and oxygen atoms in total. The van der Waals surface area contributed by atoms with Crippen molar-refractivity contribution < 1.29 is 17.6 Å². The number of carbonyl (C=O) groups excluding carboxylic acids is 1. The van der Waals surface area contributed by atoms with Crippen molar-refractivity contribution in [1.29, 1.82) is 0 Å². The lowest BCUT2D eigenvalue weighted by atomic mass is 9.97. The Morgan fingerprint density at radius 3 is 2.43 bits per heavy atom. The molecule has 2 aromatic carbocycles. The fourth-order valence-corrected chi connectivity index (χ4v) is 5.39. The van der Waals surface area contributed by atoms with E-state index in [1.54, 1.807) is 0 Å². The van der Waals surface area contributed by atoms with Crippen molar-refractivity contribution in [3.05, 3.63) is 62.4 Å². The zero-order valence-electron chi connectivity index (χ0n) is 14.9. The Balaban J connectivity index is 1.59. The molecule has 1 heterocycles. The van der Waals surface area contributed by atoms with Gasteiger partial charge in [0, 0.05) is 38.9 Å². The fraction of sp³-hybridized carbons (Fsp3) is 0.316. The normalized spacial score (nSPS) is 16.1. The predicted molar refractivity (Wildman–Crippen MR) is 116 cm³/mol. The van der Waals surface area contributed by atoms with Gasteiger partial charge in [0.2, 0.25) is 15.9 Å². The Bertz CT molecular complexity index is 941. The van der Waals surface area contributed by atoms with Gasteiger partial charge in [-0.25, -0.2) is 17.1 Å². The number of amides is 1. The van der Waals surface area contributed by atoms with Crippen LogP contribution in [0.25, 0.3) is 0 Å². The predicted octanol–water partition coefficient (Wildman–Crippen LogP) is 4.26. The van der Waals surface area contributed by atoms with Gasteiger partial charge in [0.25, 0.3) is 0 Å². The highest BCUT2D eigenvalue weighted by Crippen LogP contribution is 2.26. The second kappa shape index (κ2) is 9.06. The number of nitrogens with one attached hydrogen (secondary N) is 1. The summed E-state index contributed by atoms with van der Waals surface area (Å²) in [7, 11) is -3.72. The van der Waals surface area contributed by atoms with Crippen molar-refractivity contribution in [3.8, 4) is 0 Å². The maximum atomic E-state index is 13.9. The Hall–Kier alpha value is -1.23. The molecule has 1 aliphatic rings. The van der Waals surface area contributed by atoms with E-state index >= 15 is 0 Å². The van der Waals surface area contributed by atoms with Gasteiger partial charge >= 0.3 is 0 Å². The molecule has 0 aliphatic carbocycles. The van der Waals surface area contributed by atoms with Crippen LogP contribution in [0.1, 0.15) is 18.4 Å². The molecule has 3 rings (SSSR count). The summed E-state index contributed by atoms with van der Waals surface area (Å²) < 4.78 is 41.6. The van der Waals surface area contributed by atoms with Crippen molar-refractivity contribution in [2.24, 2.45) is 5.92 Å². The SMILES string of the molecule is O=C(Nc1ccc(I)cc1)C1CCN(S(=O)(=O)Cc2c(F)cccc2Cl)CC1. The number of hydrogen-bond acceptors (Lipinski definition) is 3. The highest BCUT2D eigenvalue weighted by molar-refractivity contribution is 14.1. The maximum absolute atomic E-state index is 13.9. The van der Waals surface area contributed by atoms with E-state index in [1.807, 2.05) is 24.3 Å². The summed E-state index contributed by atoms with van der Waals surface area (Å²) in [5.74, 6) is -1.50. The Morgan fingerprint density at radius 1 is 1.18 bits per heavy atom. The molecule has 0 saturated carbocycles. The fourth-order valence-electron chi connectivity index (χ4n) is 3.12. The number of nitrogens with zero attached hydrogens (tertiary/aromatic N) is 1. The number of piperidine rings is 1. The van der Waals surface area contributed by atoms with Crippen LogP contribution in [0.5, 0.6) is 0 Å². The van der Waals surface area contributed by atoms with Crippen LogP contribution in [-0.2, 0) is 20.6 Å². The minimum absolute atomic E-state index is 0.0252. The zero-order chi connectivity index (χ0) is 20.3. The summed E-state index contributed by atoms with van der Waals surface area (Å²) in [6.45, 7) is 0.443. The molecule has 0 radical (unpaired) electrons. The van der Waals surface area contributed by atoms with E-state index in [9.17, 15) is 17.6 Å². The van der Waals surface area contributed by atoms with Gasteiger partial charge in [-0.3, -0.25) is 4.79 Å². The van der Waals surface area contributed by atoms with Crippen LogP contribution < -0.4 is 5.32 Å². The van der Waals surface area contributed by atoms with Crippen LogP contribution >= 0.6 is 34.2 Å². The minimum atomic E-state index is -3.72. The van der Waals surface area contributed by atoms with Gasteiger partial charge in [0.1, 0.15) is 5.82 Å². The van der Waals surface area contributed by atoms with Gasteiger partial charge in [0.15, 0.2) is 0 Å². The molecule has 1 aliphatic heterocycles. The first-order valence-corrected chi connectivity index (χ1v) is 11.8. The van der Waals surface area contributed by atoms with E-state index in [0.717, 1.165) is 9.26 Å². The standard InChI is InChI=1S/C19H19ClFIN2O3S/c20-17-2-1-3-18(21)16(17)12-28(26,27)24-10-8-13(9-11-24)19(25)23-15-6-4-14(22)5-7-15/h1-7,13H,8-12H2,(H,23,25). The van der Waals surface area contributed by atoms with Gasteiger partial charge in [-0.15, -0.1) is 0 Å². The number of carbonyl (C=O) groups is 1. The van der Waals surface area contributed by atoms with Crippen molar-refractivity contribution in [3.63, 3.8) is 0 Å². The van der Waals surface area contributed by atoms with Crippen LogP contribution in [0.2, 0.25) is 5.02 Å². The molecule has 0 bridgehead atoms. The quantitative estimate of drug-likeness (QED) is 0.581. The van der Waals surface area contributed by atoms with Crippen LogP contribution in [-0.4, -0.2) is 31.7 Å². The van der Waals surface area contributed by atoms with Gasteiger partial charge in [0.05, 0.1) is 5.75 Å². The number of hydrogen-bond donors (Lipinski definition) is 1. The Morgan fingerprint density at radius 2 is 1.82 bits per heavy atom. The lowest BCUT2D eigenvalue weighted by Crippen LogP contribution is -2.42. The highest BCUT2D eigenvalue weighted by atomic mass is 127. The lowest BCUT2D eigenvalue weighted by molar-refractivity contribution is -0.120. The number of sulfonamides is 1. The number of benzene rings is 2. The molecular weight excluding hydrogens is 518 g/mol. The monoisotopic (exact) mass is 536 g/mol. The van der Waals surface area contributed by atoms with Gasteiger partial charge < -0.3 is 5.32 Å². The molecule has 0 atom stereocenters. The van der Waals surface area contributed by atoms with Crippen LogP contribution in [0, 0.1) is 15.3 Å². The molecule has 1 fully saturated rings. The largest absolute Gasteiger partial charge is 0.326 e. The molecule has 0 spiro atoms. The third-order valence-electron chi connectivity index (χ3n) is 4.72. The molecule has 1 amide bonds. The molecular formula is C19H19ClFIN2O3S. The molecule has 1 saturated heterocycles. The lowest BCUT2D eigenvalue weighted by Gasteiger charge is -2.30. The van der Waals surface area contributed by atoms with Gasteiger partial charge in [-0.1, -0.05) is 17.7 Å². The number of anilines is 1. The smallest absolute Gasteiger partial charge is 0.227 e. The molecule has 9 heteroatoms. The van der Waals surface area contributed by atoms with Crippen LogP contribution in [0.15, 0.2) is 42.5 Å². The van der Waals surface area contributed by atoms with Crippen molar-refractivity contribution in [1.82, 2.24) is 4.31 Å². The van der Waals surface area contributed by atoms with Gasteiger partial charge in [-0.2, -0.15) is 0 Å². The van der Waals surface area contributed by atoms with Crippen molar-refractivity contribution in [2.45, 2.75) is 18.6 Å². The van der Waals surface area contributed by atoms with E-state index in [4.69, 9.17) is 11.6 Å². The van der Waals surface area contributed by atoms with E-state index in [2.05, 4.69) is 27.9 Å². The first-order chi connectivity index (χ1) is 13.3. The Kier molecular flexibility index (Phi) is 6.95.